The standard InChI is InChI=1S/C20H21ClFN5O3/c21-14-2-1-3-16(12-14)25-20(30)27-11-10-26(18(27)17(28)24-9-8-23)19(29)13-4-6-15(22)7-5-13/h1-7,12,18H,8-11,23H2,(H,24,28)(H,25,30). The van der Waals surface area contributed by atoms with E-state index in [1.165, 1.54) is 21.9 Å². The Balaban J connectivity index is 1.83. The number of nitrogens with two attached hydrogens (primary N) is 1. The minimum atomic E-state index is -1.17. The summed E-state index contributed by atoms with van der Waals surface area (Å²) < 4.78 is 13.2. The summed E-state index contributed by atoms with van der Waals surface area (Å²) in [5.41, 5.74) is 6.12. The SMILES string of the molecule is NCCNC(=O)C1N(C(=O)Nc2cccc(Cl)c2)CCN1C(=O)c1ccc(F)cc1. The van der Waals surface area contributed by atoms with Crippen LogP contribution in [0, 0.1) is 5.82 Å². The molecule has 0 saturated carbocycles. The molecule has 1 aliphatic rings. The van der Waals surface area contributed by atoms with Crippen molar-refractivity contribution in [2.24, 2.45) is 5.73 Å². The fourth-order valence-corrected chi connectivity index (χ4v) is 3.33. The number of anilines is 1. The van der Waals surface area contributed by atoms with Gasteiger partial charge in [-0.3, -0.25) is 14.5 Å². The van der Waals surface area contributed by atoms with Crippen molar-refractivity contribution in [3.05, 3.63) is 64.9 Å². The van der Waals surface area contributed by atoms with E-state index < -0.39 is 29.8 Å². The lowest BCUT2D eigenvalue weighted by atomic mass is 10.2. The molecule has 1 heterocycles. The minimum Gasteiger partial charge on any atom is -0.351 e. The van der Waals surface area contributed by atoms with Gasteiger partial charge in [-0.1, -0.05) is 17.7 Å². The second kappa shape index (κ2) is 9.55. The molecule has 0 aromatic heterocycles. The maximum absolute atomic E-state index is 13.2. The Morgan fingerprint density at radius 2 is 1.80 bits per heavy atom. The van der Waals surface area contributed by atoms with Crippen LogP contribution in [0.4, 0.5) is 14.9 Å². The van der Waals surface area contributed by atoms with Crippen LogP contribution in [0.5, 0.6) is 0 Å². The van der Waals surface area contributed by atoms with Crippen molar-refractivity contribution in [3.8, 4) is 0 Å². The summed E-state index contributed by atoms with van der Waals surface area (Å²) in [5.74, 6) is -1.50. The molecule has 0 radical (unpaired) electrons. The number of benzene rings is 2. The topological polar surface area (TPSA) is 108 Å². The lowest BCUT2D eigenvalue weighted by Gasteiger charge is -2.29. The van der Waals surface area contributed by atoms with E-state index >= 15 is 0 Å². The average Bonchev–Trinajstić information content (AvgIpc) is 3.17. The maximum atomic E-state index is 13.2. The van der Waals surface area contributed by atoms with Crippen molar-refractivity contribution in [1.29, 1.82) is 0 Å². The molecule has 1 atom stereocenters. The molecular formula is C20H21ClFN5O3. The Morgan fingerprint density at radius 1 is 1.10 bits per heavy atom. The number of urea groups is 1. The monoisotopic (exact) mass is 433 g/mol. The molecule has 3 rings (SSSR count). The third-order valence-electron chi connectivity index (χ3n) is 4.54. The van der Waals surface area contributed by atoms with Gasteiger partial charge in [0.1, 0.15) is 5.82 Å². The molecule has 4 N–H and O–H groups in total. The quantitative estimate of drug-likeness (QED) is 0.669. The molecule has 1 fully saturated rings. The number of nitrogens with zero attached hydrogens (tertiary/aromatic N) is 2. The maximum Gasteiger partial charge on any atom is 0.323 e. The Bertz CT molecular complexity index is 940. The fraction of sp³-hybridized carbons (Fsp3) is 0.250. The highest BCUT2D eigenvalue weighted by molar-refractivity contribution is 6.30. The van der Waals surface area contributed by atoms with Crippen LogP contribution in [-0.4, -0.2) is 60.0 Å². The number of rotatable bonds is 5. The van der Waals surface area contributed by atoms with Crippen LogP contribution in [0.3, 0.4) is 0 Å². The molecule has 1 aliphatic heterocycles. The van der Waals surface area contributed by atoms with Crippen LogP contribution in [0.15, 0.2) is 48.5 Å². The molecule has 0 aliphatic carbocycles. The van der Waals surface area contributed by atoms with E-state index in [1.807, 2.05) is 0 Å². The van der Waals surface area contributed by atoms with Crippen molar-refractivity contribution in [1.82, 2.24) is 15.1 Å². The molecule has 30 heavy (non-hydrogen) atoms. The van der Waals surface area contributed by atoms with Crippen molar-refractivity contribution < 1.29 is 18.8 Å². The number of hydrogen-bond donors (Lipinski definition) is 3. The largest absolute Gasteiger partial charge is 0.351 e. The zero-order valence-electron chi connectivity index (χ0n) is 16.0. The van der Waals surface area contributed by atoms with Gasteiger partial charge in [-0.2, -0.15) is 0 Å². The van der Waals surface area contributed by atoms with Crippen molar-refractivity contribution in [2.45, 2.75) is 6.17 Å². The Labute approximate surface area is 177 Å². The average molecular weight is 434 g/mol. The Morgan fingerprint density at radius 3 is 2.47 bits per heavy atom. The highest BCUT2D eigenvalue weighted by Crippen LogP contribution is 2.21. The summed E-state index contributed by atoms with van der Waals surface area (Å²) in [4.78, 5) is 41.1. The summed E-state index contributed by atoms with van der Waals surface area (Å²) >= 11 is 5.95. The first-order valence-electron chi connectivity index (χ1n) is 9.28. The minimum absolute atomic E-state index is 0.139. The van der Waals surface area contributed by atoms with Crippen LogP contribution in [0.1, 0.15) is 10.4 Å². The summed E-state index contributed by atoms with van der Waals surface area (Å²) in [5, 5.41) is 5.74. The first-order valence-corrected chi connectivity index (χ1v) is 9.66. The molecule has 0 bridgehead atoms. The van der Waals surface area contributed by atoms with E-state index in [2.05, 4.69) is 10.6 Å². The third kappa shape index (κ3) is 4.87. The first kappa shape index (κ1) is 21.5. The van der Waals surface area contributed by atoms with E-state index in [-0.39, 0.29) is 31.7 Å². The van der Waals surface area contributed by atoms with E-state index in [1.54, 1.807) is 24.3 Å². The molecule has 0 spiro atoms. The molecular weight excluding hydrogens is 413 g/mol. The predicted molar refractivity (Wildman–Crippen MR) is 110 cm³/mol. The van der Waals surface area contributed by atoms with Gasteiger partial charge in [-0.15, -0.1) is 0 Å². The van der Waals surface area contributed by atoms with Crippen LogP contribution in [0.2, 0.25) is 5.02 Å². The molecule has 158 valence electrons. The van der Waals surface area contributed by atoms with Gasteiger partial charge < -0.3 is 21.3 Å². The van der Waals surface area contributed by atoms with Crippen molar-refractivity contribution >= 4 is 35.1 Å². The van der Waals surface area contributed by atoms with Gasteiger partial charge in [0.25, 0.3) is 11.8 Å². The second-order valence-corrected chi connectivity index (χ2v) is 7.03. The number of halogens is 2. The smallest absolute Gasteiger partial charge is 0.323 e. The highest BCUT2D eigenvalue weighted by atomic mass is 35.5. The lowest BCUT2D eigenvalue weighted by molar-refractivity contribution is -0.127. The molecule has 10 heteroatoms. The molecule has 2 aromatic carbocycles. The van der Waals surface area contributed by atoms with Gasteiger partial charge in [-0.05, 0) is 42.5 Å². The van der Waals surface area contributed by atoms with E-state index in [4.69, 9.17) is 17.3 Å². The highest BCUT2D eigenvalue weighted by Gasteiger charge is 2.42. The van der Waals surface area contributed by atoms with Gasteiger partial charge in [-0.25, -0.2) is 9.18 Å². The van der Waals surface area contributed by atoms with E-state index in [0.717, 1.165) is 12.1 Å². The molecule has 4 amide bonds. The van der Waals surface area contributed by atoms with Crippen LogP contribution >= 0.6 is 11.6 Å². The summed E-state index contributed by atoms with van der Waals surface area (Å²) in [6.45, 7) is 0.677. The molecule has 8 nitrogen and oxygen atoms in total. The van der Waals surface area contributed by atoms with Crippen molar-refractivity contribution in [2.75, 3.05) is 31.5 Å². The van der Waals surface area contributed by atoms with Gasteiger partial charge in [0.2, 0.25) is 0 Å². The van der Waals surface area contributed by atoms with Gasteiger partial charge in [0.15, 0.2) is 6.17 Å². The third-order valence-corrected chi connectivity index (χ3v) is 4.77. The number of amides is 4. The second-order valence-electron chi connectivity index (χ2n) is 6.59. The van der Waals surface area contributed by atoms with Crippen LogP contribution in [-0.2, 0) is 4.79 Å². The zero-order valence-corrected chi connectivity index (χ0v) is 16.7. The van der Waals surface area contributed by atoms with Gasteiger partial charge in [0.05, 0.1) is 0 Å². The van der Waals surface area contributed by atoms with Crippen LogP contribution in [0.25, 0.3) is 0 Å². The summed E-state index contributed by atoms with van der Waals surface area (Å²) in [6, 6.07) is 11.0. The predicted octanol–water partition coefficient (Wildman–Crippen LogP) is 1.87. The van der Waals surface area contributed by atoms with Crippen LogP contribution < -0.4 is 16.4 Å². The summed E-state index contributed by atoms with van der Waals surface area (Å²) in [7, 11) is 0. The molecule has 2 aromatic rings. The Hall–Kier alpha value is -3.17. The lowest BCUT2D eigenvalue weighted by Crippen LogP contribution is -2.55. The number of hydrogen-bond acceptors (Lipinski definition) is 4. The van der Waals surface area contributed by atoms with Gasteiger partial charge >= 0.3 is 6.03 Å². The first-order chi connectivity index (χ1) is 14.4. The van der Waals surface area contributed by atoms with Crippen molar-refractivity contribution in [3.63, 3.8) is 0 Å². The van der Waals surface area contributed by atoms with E-state index in [0.29, 0.717) is 10.7 Å². The number of carbonyl (C=O) groups excluding carboxylic acids is 3. The zero-order chi connectivity index (χ0) is 21.7. The van der Waals surface area contributed by atoms with E-state index in [9.17, 15) is 18.8 Å². The number of carbonyl (C=O) groups is 3. The number of nitrogens with one attached hydrogen (secondary N) is 2. The Kier molecular flexibility index (Phi) is 6.86. The normalized spacial score (nSPS) is 15.8. The fourth-order valence-electron chi connectivity index (χ4n) is 3.14. The summed E-state index contributed by atoms with van der Waals surface area (Å²) in [6.07, 6.45) is -1.17. The molecule has 1 saturated heterocycles. The molecule has 1 unspecified atom stereocenters. The van der Waals surface area contributed by atoms with Gasteiger partial charge in [0, 0.05) is 42.5 Å².